The molecule has 2 amide bonds. The van der Waals surface area contributed by atoms with Crippen LogP contribution in [0.1, 0.15) is 52.7 Å². The highest BCUT2D eigenvalue weighted by Crippen LogP contribution is 2.35. The van der Waals surface area contributed by atoms with Gasteiger partial charge in [0.1, 0.15) is 32.5 Å². The minimum absolute atomic E-state index is 0.00910. The molecule has 2 aliphatic heterocycles. The molecule has 2 saturated heterocycles. The van der Waals surface area contributed by atoms with Gasteiger partial charge in [-0.2, -0.15) is 8.61 Å². The monoisotopic (exact) mass is 896 g/mol. The van der Waals surface area contributed by atoms with E-state index < -0.39 is 53.3 Å². The lowest BCUT2D eigenvalue weighted by molar-refractivity contribution is -0.385. The minimum Gasteiger partial charge on any atom is -0.456 e. The standard InChI is InChI=1S/C23H29N3O7S.C15H20ClN3O6S/c1-16-12-17(2)14-19(13-16)32-20-7-6-18(26(28)29)15-21(20)34(30,31)25-10-8-24(9-11-25)22(27)33-23(3,4)5;1-15(2,3)25-14(20)17-6-8-18(9-7-17)26(23,24)13-10-11(19(21)22)4-5-12(13)16/h6-7,12-15H,8-11H2,1-5H3;4-5,10H,6-9H2,1-3H3. The van der Waals surface area contributed by atoms with Crippen LogP contribution in [-0.2, 0) is 29.5 Å². The fourth-order valence-corrected chi connectivity index (χ4v) is 9.44. The molecule has 60 heavy (non-hydrogen) atoms. The summed E-state index contributed by atoms with van der Waals surface area (Å²) in [5.41, 5.74) is -0.168. The third-order valence-electron chi connectivity index (χ3n) is 8.70. The maximum absolute atomic E-state index is 13.5. The van der Waals surface area contributed by atoms with Crippen LogP contribution in [0.3, 0.4) is 0 Å². The van der Waals surface area contributed by atoms with Crippen molar-refractivity contribution in [1.29, 1.82) is 0 Å². The number of nitro benzene ring substituents is 2. The average Bonchev–Trinajstić information content (AvgIpc) is 3.13. The van der Waals surface area contributed by atoms with E-state index in [2.05, 4.69) is 0 Å². The van der Waals surface area contributed by atoms with Gasteiger partial charge in [0.2, 0.25) is 20.0 Å². The molecule has 5 rings (SSSR count). The maximum atomic E-state index is 13.5. The number of hydrogen-bond donors (Lipinski definition) is 0. The average molecular weight is 897 g/mol. The summed E-state index contributed by atoms with van der Waals surface area (Å²) in [6.07, 6.45) is -1.03. The topological polar surface area (TPSA) is 229 Å². The Morgan fingerprint density at radius 1 is 0.617 bits per heavy atom. The van der Waals surface area contributed by atoms with Gasteiger partial charge in [-0.05, 0) is 90.8 Å². The molecule has 0 N–H and O–H groups in total. The van der Waals surface area contributed by atoms with Crippen LogP contribution in [-0.4, -0.2) is 121 Å². The van der Waals surface area contributed by atoms with Crippen LogP contribution in [0, 0.1) is 34.1 Å². The first-order valence-corrected chi connectivity index (χ1v) is 21.9. The Bertz CT molecular complexity index is 2310. The molecule has 0 spiro atoms. The van der Waals surface area contributed by atoms with E-state index in [4.69, 9.17) is 25.8 Å². The smallest absolute Gasteiger partial charge is 0.410 e. The number of rotatable bonds is 8. The van der Waals surface area contributed by atoms with Crippen molar-refractivity contribution in [2.24, 2.45) is 0 Å². The normalized spacial score (nSPS) is 15.7. The van der Waals surface area contributed by atoms with E-state index in [9.17, 15) is 46.7 Å². The number of non-ortho nitro benzene ring substituents is 2. The number of sulfonamides is 2. The number of piperazine rings is 2. The number of halogens is 1. The zero-order valence-corrected chi connectivity index (χ0v) is 36.9. The predicted octanol–water partition coefficient (Wildman–Crippen LogP) is 6.73. The summed E-state index contributed by atoms with van der Waals surface area (Å²) in [5, 5.41) is 22.1. The number of nitrogens with zero attached hydrogens (tertiary/aromatic N) is 6. The summed E-state index contributed by atoms with van der Waals surface area (Å²) in [6, 6.07) is 12.2. The van der Waals surface area contributed by atoms with Crippen molar-refractivity contribution in [3.63, 3.8) is 0 Å². The molecule has 2 aliphatic rings. The van der Waals surface area contributed by atoms with Crippen molar-refractivity contribution in [2.45, 2.75) is 76.4 Å². The molecule has 3 aromatic carbocycles. The first kappa shape index (κ1) is 47.6. The van der Waals surface area contributed by atoms with Gasteiger partial charge in [0.25, 0.3) is 11.4 Å². The Hall–Kier alpha value is -5.09. The number of nitro groups is 2. The summed E-state index contributed by atoms with van der Waals surface area (Å²) in [4.78, 5) is 47.5. The largest absolute Gasteiger partial charge is 0.456 e. The van der Waals surface area contributed by atoms with Gasteiger partial charge in [0, 0.05) is 76.6 Å². The van der Waals surface area contributed by atoms with Crippen LogP contribution >= 0.6 is 11.6 Å². The van der Waals surface area contributed by atoms with E-state index in [-0.39, 0.29) is 84.3 Å². The quantitative estimate of drug-likeness (QED) is 0.169. The fourth-order valence-electron chi connectivity index (χ4n) is 5.97. The number of carbonyl (C=O) groups is 2. The Morgan fingerprint density at radius 2 is 1.00 bits per heavy atom. The van der Waals surface area contributed by atoms with Crippen LogP contribution in [0.2, 0.25) is 5.02 Å². The van der Waals surface area contributed by atoms with Crippen molar-refractivity contribution in [3.05, 3.63) is 91.0 Å². The second-order valence-electron chi connectivity index (χ2n) is 15.9. The van der Waals surface area contributed by atoms with E-state index >= 15 is 0 Å². The van der Waals surface area contributed by atoms with Crippen LogP contribution in [0.25, 0.3) is 0 Å². The van der Waals surface area contributed by atoms with Gasteiger partial charge in [-0.1, -0.05) is 17.7 Å². The molecule has 0 aromatic heterocycles. The van der Waals surface area contributed by atoms with E-state index in [1.165, 1.54) is 32.3 Å². The molecule has 0 atom stereocenters. The highest BCUT2D eigenvalue weighted by Gasteiger charge is 2.36. The molecule has 0 bridgehead atoms. The Kier molecular flexibility index (Phi) is 14.8. The van der Waals surface area contributed by atoms with Gasteiger partial charge in [-0.25, -0.2) is 26.4 Å². The van der Waals surface area contributed by atoms with Gasteiger partial charge in [0.05, 0.1) is 14.9 Å². The lowest BCUT2D eigenvalue weighted by atomic mass is 10.1. The molecular weight excluding hydrogens is 848 g/mol. The Labute approximate surface area is 354 Å². The summed E-state index contributed by atoms with van der Waals surface area (Å²) in [6.45, 7) is 15.0. The van der Waals surface area contributed by atoms with Gasteiger partial charge >= 0.3 is 12.2 Å². The van der Waals surface area contributed by atoms with Crippen molar-refractivity contribution in [1.82, 2.24) is 18.4 Å². The molecule has 0 saturated carbocycles. The number of benzene rings is 3. The number of aryl methyl sites for hydroxylation is 2. The molecular formula is C38H49ClN6O13S2. The lowest BCUT2D eigenvalue weighted by Crippen LogP contribution is -2.51. The van der Waals surface area contributed by atoms with Crippen LogP contribution in [0.15, 0.2) is 64.4 Å². The van der Waals surface area contributed by atoms with Gasteiger partial charge in [-0.15, -0.1) is 0 Å². The van der Waals surface area contributed by atoms with Crippen molar-refractivity contribution in [2.75, 3.05) is 52.4 Å². The van der Waals surface area contributed by atoms with Gasteiger partial charge in [-0.3, -0.25) is 20.2 Å². The van der Waals surface area contributed by atoms with E-state index in [0.29, 0.717) is 5.75 Å². The van der Waals surface area contributed by atoms with E-state index in [1.807, 2.05) is 19.9 Å². The molecule has 0 unspecified atom stereocenters. The van der Waals surface area contributed by atoms with Crippen molar-refractivity contribution < 1.29 is 50.5 Å². The summed E-state index contributed by atoms with van der Waals surface area (Å²) in [5.74, 6) is 0.419. The lowest BCUT2D eigenvalue weighted by Gasteiger charge is -2.35. The fraction of sp³-hybridized carbons (Fsp3) is 0.474. The molecule has 0 radical (unpaired) electrons. The molecule has 2 fully saturated rings. The van der Waals surface area contributed by atoms with Crippen LogP contribution in [0.4, 0.5) is 21.0 Å². The molecule has 2 heterocycles. The molecule has 328 valence electrons. The third-order valence-corrected chi connectivity index (χ3v) is 13.0. The SMILES string of the molecule is CC(C)(C)OC(=O)N1CCN(S(=O)(=O)c2cc([N+](=O)[O-])ccc2Cl)CC1.Cc1cc(C)cc(Oc2ccc([N+](=O)[O-])cc2S(=O)(=O)N2CCN(C(=O)OC(C)(C)C)CC2)c1. The Morgan fingerprint density at radius 3 is 1.40 bits per heavy atom. The second kappa shape index (κ2) is 18.7. The summed E-state index contributed by atoms with van der Waals surface area (Å²) in [7, 11) is -8.16. The molecule has 3 aromatic rings. The number of amides is 2. The minimum atomic E-state index is -4.15. The molecule has 0 aliphatic carbocycles. The number of ether oxygens (including phenoxy) is 3. The predicted molar refractivity (Wildman–Crippen MR) is 220 cm³/mol. The van der Waals surface area contributed by atoms with Crippen molar-refractivity contribution in [3.8, 4) is 11.5 Å². The molecule has 19 nitrogen and oxygen atoms in total. The summed E-state index contributed by atoms with van der Waals surface area (Å²) >= 11 is 5.94. The van der Waals surface area contributed by atoms with E-state index in [0.717, 1.165) is 33.6 Å². The van der Waals surface area contributed by atoms with Crippen LogP contribution < -0.4 is 4.74 Å². The highest BCUT2D eigenvalue weighted by atomic mass is 35.5. The van der Waals surface area contributed by atoms with E-state index in [1.54, 1.807) is 53.7 Å². The molecule has 22 heteroatoms. The Balaban J connectivity index is 0.000000275. The second-order valence-corrected chi connectivity index (χ2v) is 20.1. The zero-order valence-electron chi connectivity index (χ0n) is 34.5. The number of carbonyl (C=O) groups excluding carboxylic acids is 2. The van der Waals surface area contributed by atoms with Gasteiger partial charge in [0.15, 0.2) is 0 Å². The number of hydrogen-bond acceptors (Lipinski definition) is 13. The first-order valence-electron chi connectivity index (χ1n) is 18.6. The van der Waals surface area contributed by atoms with Crippen molar-refractivity contribution >= 4 is 55.2 Å². The maximum Gasteiger partial charge on any atom is 0.410 e. The van der Waals surface area contributed by atoms with Crippen LogP contribution in [0.5, 0.6) is 11.5 Å². The third kappa shape index (κ3) is 12.5. The first-order chi connectivity index (χ1) is 27.7. The highest BCUT2D eigenvalue weighted by molar-refractivity contribution is 7.89. The summed E-state index contributed by atoms with van der Waals surface area (Å²) < 4.78 is 71.4. The van der Waals surface area contributed by atoms with Gasteiger partial charge < -0.3 is 24.0 Å². The zero-order chi connectivity index (χ0) is 45.0.